The second-order valence-corrected chi connectivity index (χ2v) is 9.29. The number of hydrogen-bond acceptors (Lipinski definition) is 5. The Hall–Kier alpha value is -3.03. The van der Waals surface area contributed by atoms with Crippen LogP contribution in [-0.2, 0) is 20.6 Å². The van der Waals surface area contributed by atoms with Gasteiger partial charge in [0.25, 0.3) is 0 Å². The molecule has 1 atom stereocenters. The third kappa shape index (κ3) is 12.6. The maximum atomic E-state index is 13.1. The first kappa shape index (κ1) is 38.1. The largest absolute Gasteiger partial charge is 0.489 e. The van der Waals surface area contributed by atoms with Gasteiger partial charge in [0.1, 0.15) is 17.3 Å². The number of ether oxygens (including phenoxy) is 1. The van der Waals surface area contributed by atoms with Gasteiger partial charge in [-0.05, 0) is 31.0 Å². The smallest absolute Gasteiger partial charge is 0.305 e. The summed E-state index contributed by atoms with van der Waals surface area (Å²) >= 11 is 6.22. The fraction of sp³-hybridized carbons (Fsp3) is 0.536. The molecule has 0 radical (unpaired) electrons. The van der Waals surface area contributed by atoms with Crippen LogP contribution >= 0.6 is 11.6 Å². The molecular formula is C28H45ClN4O5S. The summed E-state index contributed by atoms with van der Waals surface area (Å²) in [5.41, 5.74) is 1.28. The number of nitrogens with one attached hydrogen (secondary N) is 1. The minimum Gasteiger partial charge on any atom is -0.489 e. The Balaban J connectivity index is 0. The van der Waals surface area contributed by atoms with Crippen molar-refractivity contribution in [1.82, 2.24) is 9.78 Å². The molecule has 1 aliphatic carbocycles. The number of fused-ring (bicyclic) bond motifs is 1. The fourth-order valence-electron chi connectivity index (χ4n) is 2.76. The van der Waals surface area contributed by atoms with Gasteiger partial charge < -0.3 is 15.2 Å². The van der Waals surface area contributed by atoms with Crippen LogP contribution < -0.4 is 14.4 Å². The highest BCUT2D eigenvalue weighted by molar-refractivity contribution is 7.86. The molecule has 1 amide bonds. The summed E-state index contributed by atoms with van der Waals surface area (Å²) in [6, 6.07) is 5.64. The summed E-state index contributed by atoms with van der Waals surface area (Å²) in [6.07, 6.45) is 11.9. The van der Waals surface area contributed by atoms with Crippen LogP contribution in [0.2, 0.25) is 5.15 Å². The zero-order valence-electron chi connectivity index (χ0n) is 24.7. The number of anilines is 2. The van der Waals surface area contributed by atoms with E-state index in [-0.39, 0.29) is 17.0 Å². The van der Waals surface area contributed by atoms with Crippen molar-refractivity contribution in [2.75, 3.05) is 22.8 Å². The van der Waals surface area contributed by atoms with Crippen LogP contribution in [0.25, 0.3) is 0 Å². The molecule has 2 aliphatic rings. The minimum absolute atomic E-state index is 0.168. The lowest BCUT2D eigenvalue weighted by Crippen LogP contribution is -2.34. The van der Waals surface area contributed by atoms with Crippen molar-refractivity contribution in [1.29, 1.82) is 0 Å². The predicted octanol–water partition coefficient (Wildman–Crippen LogP) is 6.81. The van der Waals surface area contributed by atoms with Gasteiger partial charge in [-0.15, -0.1) is 12.8 Å². The highest BCUT2D eigenvalue weighted by Gasteiger charge is 2.30. The number of carbonyl (C=O) groups excluding carboxylic acids is 1. The van der Waals surface area contributed by atoms with E-state index in [1.54, 1.807) is 47.2 Å². The molecule has 4 rings (SSSR count). The van der Waals surface area contributed by atoms with E-state index in [1.165, 1.54) is 6.92 Å². The second-order valence-electron chi connectivity index (χ2n) is 7.55. The lowest BCUT2D eigenvalue weighted by molar-refractivity contribution is -0.140. The molecule has 9 nitrogen and oxygen atoms in total. The van der Waals surface area contributed by atoms with Gasteiger partial charge in [-0.3, -0.25) is 18.6 Å². The van der Waals surface area contributed by atoms with Crippen LogP contribution in [0.1, 0.15) is 81.2 Å². The minimum atomic E-state index is -1.51. The summed E-state index contributed by atoms with van der Waals surface area (Å²) in [5, 5.41) is 15.3. The number of carboxylic acids is 1. The van der Waals surface area contributed by atoms with Gasteiger partial charge in [-0.2, -0.15) is 5.10 Å². The van der Waals surface area contributed by atoms with Crippen molar-refractivity contribution < 1.29 is 23.6 Å². The van der Waals surface area contributed by atoms with E-state index in [1.807, 2.05) is 41.5 Å². The van der Waals surface area contributed by atoms with Crippen molar-refractivity contribution in [3.63, 3.8) is 0 Å². The van der Waals surface area contributed by atoms with E-state index in [0.29, 0.717) is 41.2 Å². The average molecular weight is 585 g/mol. The number of nitrogens with zero attached hydrogens (tertiary/aromatic N) is 3. The lowest BCUT2D eigenvalue weighted by atomic mass is 10.2. The van der Waals surface area contributed by atoms with E-state index in [0.717, 1.165) is 12.8 Å². The average Bonchev–Trinajstić information content (AvgIpc) is 3.73. The number of hydrogen-bond donors (Lipinski definition) is 2. The maximum Gasteiger partial charge on any atom is 0.305 e. The molecule has 2 N–H and O–H groups in total. The van der Waals surface area contributed by atoms with Gasteiger partial charge in [0.2, 0.25) is 5.91 Å². The van der Waals surface area contributed by atoms with Crippen molar-refractivity contribution >= 4 is 45.8 Å². The van der Waals surface area contributed by atoms with Crippen LogP contribution in [0, 0.1) is 18.8 Å². The van der Waals surface area contributed by atoms with E-state index >= 15 is 0 Å². The van der Waals surface area contributed by atoms with E-state index in [4.69, 9.17) is 21.4 Å². The summed E-state index contributed by atoms with van der Waals surface area (Å²) in [7, 11) is -1.51. The first-order valence-corrected chi connectivity index (χ1v) is 14.7. The van der Waals surface area contributed by atoms with Gasteiger partial charge in [-0.1, -0.05) is 67.0 Å². The quantitative estimate of drug-likeness (QED) is 0.373. The van der Waals surface area contributed by atoms with Gasteiger partial charge >= 0.3 is 5.97 Å². The highest BCUT2D eigenvalue weighted by Crippen LogP contribution is 2.39. The Kier molecular flexibility index (Phi) is 20.4. The van der Waals surface area contributed by atoms with Crippen molar-refractivity contribution in [3.8, 4) is 18.6 Å². The predicted molar refractivity (Wildman–Crippen MR) is 162 cm³/mol. The molecule has 1 unspecified atom stereocenters. The Labute approximate surface area is 241 Å². The number of amides is 1. The monoisotopic (exact) mass is 584 g/mol. The molecule has 0 bridgehead atoms. The molecule has 39 heavy (non-hydrogen) atoms. The number of benzene rings is 1. The van der Waals surface area contributed by atoms with E-state index in [9.17, 15) is 13.8 Å². The van der Waals surface area contributed by atoms with Gasteiger partial charge in [0.05, 0.1) is 24.2 Å². The number of halogens is 1. The number of aromatic nitrogens is 2. The van der Waals surface area contributed by atoms with Crippen LogP contribution in [-0.4, -0.2) is 44.1 Å². The Morgan fingerprint density at radius 3 is 2.15 bits per heavy atom. The molecule has 1 aliphatic heterocycles. The molecule has 220 valence electrons. The third-order valence-electron chi connectivity index (χ3n) is 4.56. The molecule has 11 heteroatoms. The summed E-state index contributed by atoms with van der Waals surface area (Å²) in [4.78, 5) is 21.5. The standard InChI is InChI=1S/C16H17ClN4O3S.C4H8O2.3C2H6.C2H2/c1-10(22)18-11-2-5-14-13(8-11)21(6-7-24-14)25(23)15-9-20(12-3-4-12)19-16(15)17;1-3(2)4(5)6;4*1-2/h2,5,8-9,12H,3-4,6-7H2,1H3,(H,18,22);3H,1-2H3,(H,5,6);3*1-2H3;1-2H. The van der Waals surface area contributed by atoms with Crippen molar-refractivity contribution in [2.45, 2.75) is 86.1 Å². The number of terminal acetylenes is 1. The Bertz CT molecular complexity index is 1050. The molecule has 1 saturated carbocycles. The van der Waals surface area contributed by atoms with Gasteiger partial charge in [0, 0.05) is 18.8 Å². The Morgan fingerprint density at radius 1 is 1.15 bits per heavy atom. The van der Waals surface area contributed by atoms with E-state index < -0.39 is 17.0 Å². The molecule has 1 aromatic heterocycles. The van der Waals surface area contributed by atoms with Gasteiger partial charge in [0.15, 0.2) is 16.1 Å². The van der Waals surface area contributed by atoms with Crippen molar-refractivity contribution in [3.05, 3.63) is 29.5 Å². The zero-order chi connectivity index (χ0) is 30.7. The molecule has 0 spiro atoms. The third-order valence-corrected chi connectivity index (χ3v) is 6.41. The first-order valence-electron chi connectivity index (χ1n) is 13.2. The lowest BCUT2D eigenvalue weighted by Gasteiger charge is -2.30. The summed E-state index contributed by atoms with van der Waals surface area (Å²) in [5.74, 6) is -0.516. The summed E-state index contributed by atoms with van der Waals surface area (Å²) in [6.45, 7) is 17.6. The van der Waals surface area contributed by atoms with Crippen LogP contribution in [0.3, 0.4) is 0 Å². The highest BCUT2D eigenvalue weighted by atomic mass is 35.5. The molecule has 1 fully saturated rings. The van der Waals surface area contributed by atoms with Crippen molar-refractivity contribution in [2.24, 2.45) is 5.92 Å². The molecular weight excluding hydrogens is 540 g/mol. The Morgan fingerprint density at radius 2 is 1.69 bits per heavy atom. The second kappa shape index (κ2) is 20.9. The molecule has 2 aromatic rings. The molecule has 2 heterocycles. The molecule has 1 aromatic carbocycles. The summed E-state index contributed by atoms with van der Waals surface area (Å²) < 4.78 is 22.3. The number of carbonyl (C=O) groups is 2. The first-order chi connectivity index (χ1) is 18.7. The topological polar surface area (TPSA) is 114 Å². The number of carboxylic acid groups (broad SMARTS) is 1. The van der Waals surface area contributed by atoms with E-state index in [2.05, 4.69) is 23.3 Å². The molecule has 0 saturated heterocycles. The van der Waals surface area contributed by atoms with Gasteiger partial charge in [-0.25, -0.2) is 4.21 Å². The fourth-order valence-corrected chi connectivity index (χ4v) is 4.28. The number of rotatable bonds is 5. The number of aliphatic carboxylic acids is 1. The zero-order valence-corrected chi connectivity index (χ0v) is 26.2. The van der Waals surface area contributed by atoms with Crippen LogP contribution in [0.15, 0.2) is 29.3 Å². The van der Waals surface area contributed by atoms with Crippen LogP contribution in [0.4, 0.5) is 11.4 Å². The maximum absolute atomic E-state index is 13.1. The normalized spacial score (nSPS) is 13.2. The van der Waals surface area contributed by atoms with Crippen LogP contribution in [0.5, 0.6) is 5.75 Å². The SMILES string of the molecule is C#C.CC.CC.CC.CC(=O)Nc1ccc2c(c1)N(S(=O)c1cn(C3CC3)nc1Cl)CCO2.CC(C)C(=O)O.